The SMILES string of the molecule is Cc1cnc(CC(=O)Nc2cc(C3CCC(N(C(=O)O)[C@@H](C)C4CC4)C3)[nH]n2)cn1. The number of aromatic nitrogens is 4. The smallest absolute Gasteiger partial charge is 0.407 e. The molecule has 2 aromatic heterocycles. The van der Waals surface area contributed by atoms with Crippen LogP contribution in [0, 0.1) is 12.8 Å². The van der Waals surface area contributed by atoms with Gasteiger partial charge in [-0.25, -0.2) is 4.79 Å². The molecule has 2 saturated carbocycles. The number of aromatic amines is 1. The number of carboxylic acid groups (broad SMARTS) is 1. The van der Waals surface area contributed by atoms with E-state index in [0.717, 1.165) is 43.5 Å². The lowest BCUT2D eigenvalue weighted by atomic mass is 10.0. The molecule has 2 amide bonds. The van der Waals surface area contributed by atoms with Crippen molar-refractivity contribution in [2.75, 3.05) is 5.32 Å². The maximum atomic E-state index is 12.3. The number of H-pyrrole nitrogens is 1. The predicted octanol–water partition coefficient (Wildman–Crippen LogP) is 3.10. The summed E-state index contributed by atoms with van der Waals surface area (Å²) in [6.07, 6.45) is 7.32. The zero-order valence-corrected chi connectivity index (χ0v) is 17.3. The summed E-state index contributed by atoms with van der Waals surface area (Å²) in [5, 5.41) is 19.7. The average molecular weight is 412 g/mol. The molecule has 0 radical (unpaired) electrons. The number of nitrogens with one attached hydrogen (secondary N) is 2. The van der Waals surface area contributed by atoms with Gasteiger partial charge in [0.1, 0.15) is 0 Å². The van der Waals surface area contributed by atoms with Gasteiger partial charge in [-0.1, -0.05) is 0 Å². The molecular weight excluding hydrogens is 384 g/mol. The first-order valence-corrected chi connectivity index (χ1v) is 10.5. The van der Waals surface area contributed by atoms with Crippen LogP contribution in [-0.4, -0.2) is 54.3 Å². The van der Waals surface area contributed by atoms with Crippen LogP contribution in [0.3, 0.4) is 0 Å². The van der Waals surface area contributed by atoms with Gasteiger partial charge in [-0.2, -0.15) is 5.10 Å². The number of amides is 2. The summed E-state index contributed by atoms with van der Waals surface area (Å²) in [4.78, 5) is 34.1. The number of carbonyl (C=O) groups is 2. The third-order valence-electron chi connectivity index (χ3n) is 6.24. The summed E-state index contributed by atoms with van der Waals surface area (Å²) in [6, 6.07) is 1.96. The Bertz CT molecular complexity index is 908. The van der Waals surface area contributed by atoms with Crippen molar-refractivity contribution in [1.29, 1.82) is 0 Å². The molecule has 2 unspecified atom stereocenters. The van der Waals surface area contributed by atoms with Gasteiger partial charge in [0.25, 0.3) is 0 Å². The van der Waals surface area contributed by atoms with E-state index >= 15 is 0 Å². The van der Waals surface area contributed by atoms with Crippen LogP contribution in [0.5, 0.6) is 0 Å². The highest BCUT2D eigenvalue weighted by Crippen LogP contribution is 2.41. The standard InChI is InChI=1S/C21H28N6O3/c1-12-10-23-16(11-22-12)8-20(28)24-19-9-18(25-26-19)15-5-6-17(7-15)27(21(29)30)13(2)14-3-4-14/h9-11,13-15,17H,3-8H2,1-2H3,(H,29,30)(H2,24,25,26,28)/t13-,15?,17?/m0/s1. The Morgan fingerprint density at radius 2 is 2.07 bits per heavy atom. The second-order valence-electron chi connectivity index (χ2n) is 8.51. The van der Waals surface area contributed by atoms with E-state index in [4.69, 9.17) is 0 Å². The Morgan fingerprint density at radius 1 is 1.27 bits per heavy atom. The van der Waals surface area contributed by atoms with E-state index in [-0.39, 0.29) is 30.3 Å². The van der Waals surface area contributed by atoms with Crippen molar-refractivity contribution in [3.63, 3.8) is 0 Å². The van der Waals surface area contributed by atoms with E-state index in [1.54, 1.807) is 17.3 Å². The van der Waals surface area contributed by atoms with Crippen LogP contribution in [0.15, 0.2) is 18.5 Å². The maximum Gasteiger partial charge on any atom is 0.407 e. The zero-order chi connectivity index (χ0) is 21.3. The second-order valence-corrected chi connectivity index (χ2v) is 8.51. The molecule has 2 heterocycles. The molecule has 9 nitrogen and oxygen atoms in total. The first kappa shape index (κ1) is 20.3. The normalized spacial score (nSPS) is 21.9. The first-order valence-electron chi connectivity index (χ1n) is 10.5. The van der Waals surface area contributed by atoms with Crippen molar-refractivity contribution in [2.45, 2.75) is 70.4 Å². The molecule has 30 heavy (non-hydrogen) atoms. The monoisotopic (exact) mass is 412 g/mol. The van der Waals surface area contributed by atoms with Crippen LogP contribution in [0.25, 0.3) is 0 Å². The van der Waals surface area contributed by atoms with Crippen LogP contribution < -0.4 is 5.32 Å². The molecule has 9 heteroatoms. The fourth-order valence-corrected chi connectivity index (χ4v) is 4.43. The number of hydrogen-bond donors (Lipinski definition) is 3. The summed E-state index contributed by atoms with van der Waals surface area (Å²) in [7, 11) is 0. The zero-order valence-electron chi connectivity index (χ0n) is 17.3. The largest absolute Gasteiger partial charge is 0.465 e. The molecule has 4 rings (SSSR count). The fraction of sp³-hybridized carbons (Fsp3) is 0.571. The van der Waals surface area contributed by atoms with Crippen molar-refractivity contribution in [3.05, 3.63) is 35.5 Å². The number of anilines is 1. The highest BCUT2D eigenvalue weighted by atomic mass is 16.4. The van der Waals surface area contributed by atoms with Gasteiger partial charge in [0.05, 0.1) is 17.8 Å². The van der Waals surface area contributed by atoms with Crippen LogP contribution in [0.1, 0.15) is 62.0 Å². The van der Waals surface area contributed by atoms with Crippen molar-refractivity contribution in [3.8, 4) is 0 Å². The Hall–Kier alpha value is -2.97. The molecule has 0 spiro atoms. The molecule has 0 aliphatic heterocycles. The van der Waals surface area contributed by atoms with E-state index in [1.807, 2.05) is 19.9 Å². The second kappa shape index (κ2) is 8.41. The van der Waals surface area contributed by atoms with Crippen molar-refractivity contribution >= 4 is 17.8 Å². The number of hydrogen-bond acceptors (Lipinski definition) is 5. The van der Waals surface area contributed by atoms with Crippen LogP contribution in [-0.2, 0) is 11.2 Å². The van der Waals surface area contributed by atoms with Crippen LogP contribution >= 0.6 is 0 Å². The lowest BCUT2D eigenvalue weighted by molar-refractivity contribution is -0.115. The summed E-state index contributed by atoms with van der Waals surface area (Å²) < 4.78 is 0. The Morgan fingerprint density at radius 3 is 2.73 bits per heavy atom. The summed E-state index contributed by atoms with van der Waals surface area (Å²) in [5.41, 5.74) is 2.34. The quantitative estimate of drug-likeness (QED) is 0.642. The predicted molar refractivity (Wildman–Crippen MR) is 110 cm³/mol. The van der Waals surface area contributed by atoms with Gasteiger partial charge < -0.3 is 15.3 Å². The van der Waals surface area contributed by atoms with E-state index in [9.17, 15) is 14.7 Å². The molecule has 2 aromatic rings. The Labute approximate surface area is 175 Å². The number of nitrogens with zero attached hydrogens (tertiary/aromatic N) is 4. The minimum absolute atomic E-state index is 0.0320. The molecule has 2 aliphatic carbocycles. The van der Waals surface area contributed by atoms with Gasteiger partial charge in [-0.15, -0.1) is 0 Å². The molecule has 2 aliphatic rings. The number of aryl methyl sites for hydroxylation is 1. The number of carbonyl (C=O) groups excluding carboxylic acids is 1. The van der Waals surface area contributed by atoms with Gasteiger partial charge in [0.15, 0.2) is 5.82 Å². The van der Waals surface area contributed by atoms with Crippen molar-refractivity contribution in [2.24, 2.45) is 5.92 Å². The van der Waals surface area contributed by atoms with E-state index < -0.39 is 6.09 Å². The number of rotatable bonds is 7. The van der Waals surface area contributed by atoms with Gasteiger partial charge in [-0.05, 0) is 51.9 Å². The van der Waals surface area contributed by atoms with E-state index in [1.165, 1.54) is 0 Å². The van der Waals surface area contributed by atoms with Crippen LogP contribution in [0.4, 0.5) is 10.6 Å². The summed E-state index contributed by atoms with van der Waals surface area (Å²) >= 11 is 0. The highest BCUT2D eigenvalue weighted by molar-refractivity contribution is 5.91. The molecule has 160 valence electrons. The minimum Gasteiger partial charge on any atom is -0.465 e. The highest BCUT2D eigenvalue weighted by Gasteiger charge is 2.41. The average Bonchev–Trinajstić information content (AvgIpc) is 3.27. The van der Waals surface area contributed by atoms with Crippen molar-refractivity contribution < 1.29 is 14.7 Å². The lowest BCUT2D eigenvalue weighted by Crippen LogP contribution is -2.45. The van der Waals surface area contributed by atoms with Gasteiger partial charge in [-0.3, -0.25) is 19.9 Å². The summed E-state index contributed by atoms with van der Waals surface area (Å²) in [5.74, 6) is 0.988. The molecule has 0 aromatic carbocycles. The van der Waals surface area contributed by atoms with E-state index in [2.05, 4.69) is 25.5 Å². The Kier molecular flexibility index (Phi) is 5.69. The molecule has 0 saturated heterocycles. The molecule has 0 bridgehead atoms. The summed E-state index contributed by atoms with van der Waals surface area (Å²) in [6.45, 7) is 3.87. The maximum absolute atomic E-state index is 12.3. The van der Waals surface area contributed by atoms with E-state index in [0.29, 0.717) is 17.4 Å². The topological polar surface area (TPSA) is 124 Å². The first-order chi connectivity index (χ1) is 14.4. The van der Waals surface area contributed by atoms with Gasteiger partial charge in [0, 0.05) is 42.2 Å². The third-order valence-corrected chi connectivity index (χ3v) is 6.24. The minimum atomic E-state index is -0.822. The molecule has 2 fully saturated rings. The molecule has 3 N–H and O–H groups in total. The van der Waals surface area contributed by atoms with Gasteiger partial charge in [0.2, 0.25) is 5.91 Å². The molecule has 3 atom stereocenters. The molecular formula is C21H28N6O3. The van der Waals surface area contributed by atoms with Crippen LogP contribution in [0.2, 0.25) is 0 Å². The lowest BCUT2D eigenvalue weighted by Gasteiger charge is -2.32. The fourth-order valence-electron chi connectivity index (χ4n) is 4.43. The third kappa shape index (κ3) is 4.60. The Balaban J connectivity index is 1.34. The van der Waals surface area contributed by atoms with Crippen molar-refractivity contribution in [1.82, 2.24) is 25.1 Å². The van der Waals surface area contributed by atoms with Gasteiger partial charge >= 0.3 is 6.09 Å².